The first-order valence-corrected chi connectivity index (χ1v) is 8.35. The smallest absolute Gasteiger partial charge is 0.246 e. The maximum absolute atomic E-state index is 12.2. The average Bonchev–Trinajstić information content (AvgIpc) is 2.62. The number of ether oxygens (including phenoxy) is 1. The number of halogens is 2. The molecular formula is C17H16Cl2N4O2. The summed E-state index contributed by atoms with van der Waals surface area (Å²) in [5.74, 6) is -0.153. The van der Waals surface area contributed by atoms with Crippen LogP contribution in [0.1, 0.15) is 11.6 Å². The predicted molar refractivity (Wildman–Crippen MR) is 97.4 cm³/mol. The zero-order chi connectivity index (χ0) is 18.0. The van der Waals surface area contributed by atoms with Gasteiger partial charge in [0.1, 0.15) is 0 Å². The van der Waals surface area contributed by atoms with Crippen LogP contribution in [-0.2, 0) is 9.53 Å². The molecule has 1 aliphatic rings. The lowest BCUT2D eigenvalue weighted by Gasteiger charge is -2.35. The minimum absolute atomic E-state index is 0.0928. The molecule has 0 spiro atoms. The van der Waals surface area contributed by atoms with E-state index in [4.69, 9.17) is 33.7 Å². The molecule has 0 radical (unpaired) electrons. The molecule has 25 heavy (non-hydrogen) atoms. The third-order valence-electron chi connectivity index (χ3n) is 3.95. The highest BCUT2D eigenvalue weighted by molar-refractivity contribution is 6.31. The topological polar surface area (TPSA) is 81.3 Å². The maximum Gasteiger partial charge on any atom is 0.246 e. The summed E-state index contributed by atoms with van der Waals surface area (Å²) in [6, 6.07) is 5.15. The fourth-order valence-corrected chi connectivity index (χ4v) is 3.18. The van der Waals surface area contributed by atoms with Crippen LogP contribution in [0.25, 0.3) is 11.3 Å². The van der Waals surface area contributed by atoms with Crippen LogP contribution in [-0.4, -0.2) is 40.5 Å². The first-order chi connectivity index (χ1) is 12.0. The highest BCUT2D eigenvalue weighted by Gasteiger charge is 2.28. The van der Waals surface area contributed by atoms with Crippen molar-refractivity contribution in [1.82, 2.24) is 14.9 Å². The Morgan fingerprint density at radius 3 is 2.96 bits per heavy atom. The Morgan fingerprint density at radius 1 is 1.40 bits per heavy atom. The number of amides is 1. The number of anilines is 1. The van der Waals surface area contributed by atoms with Gasteiger partial charge in [0.05, 0.1) is 36.8 Å². The molecule has 0 unspecified atom stereocenters. The summed E-state index contributed by atoms with van der Waals surface area (Å²) in [7, 11) is 0. The van der Waals surface area contributed by atoms with Gasteiger partial charge in [-0.05, 0) is 41.4 Å². The molecule has 1 fully saturated rings. The minimum Gasteiger partial charge on any atom is -0.396 e. The molecule has 1 amide bonds. The number of aromatic nitrogens is 2. The van der Waals surface area contributed by atoms with Gasteiger partial charge in [-0.1, -0.05) is 18.2 Å². The zero-order valence-corrected chi connectivity index (χ0v) is 14.8. The first-order valence-electron chi connectivity index (χ1n) is 7.59. The third-order valence-corrected chi connectivity index (χ3v) is 4.35. The first kappa shape index (κ1) is 17.7. The highest BCUT2D eigenvalue weighted by atomic mass is 35.5. The molecule has 1 aromatic carbocycles. The van der Waals surface area contributed by atoms with Crippen LogP contribution in [0, 0.1) is 0 Å². The lowest BCUT2D eigenvalue weighted by atomic mass is 10.00. The number of rotatable bonds is 3. The Balaban J connectivity index is 2.05. The predicted octanol–water partition coefficient (Wildman–Crippen LogP) is 3.12. The van der Waals surface area contributed by atoms with E-state index in [0.29, 0.717) is 41.7 Å². The van der Waals surface area contributed by atoms with Crippen molar-refractivity contribution in [3.8, 4) is 11.3 Å². The fraction of sp³-hybridized carbons (Fsp3) is 0.235. The van der Waals surface area contributed by atoms with E-state index in [-0.39, 0.29) is 17.2 Å². The van der Waals surface area contributed by atoms with Crippen LogP contribution < -0.4 is 5.73 Å². The van der Waals surface area contributed by atoms with E-state index >= 15 is 0 Å². The van der Waals surface area contributed by atoms with Gasteiger partial charge in [-0.25, -0.2) is 9.97 Å². The molecule has 0 aliphatic carbocycles. The summed E-state index contributed by atoms with van der Waals surface area (Å²) in [6.45, 7) is 4.91. The standard InChI is InChI=1S/C17H16Cl2N4O2/c1-2-15(24)23-3-4-25-9-14(23)10-5-11(7-12(18)6-10)16-13(20)8-21-17(19)22-16/h2,5-8,14H,1,3-4,9,20H2/t14-/m0/s1. The van der Waals surface area contributed by atoms with Crippen molar-refractivity contribution in [1.29, 1.82) is 0 Å². The number of carbonyl (C=O) groups is 1. The van der Waals surface area contributed by atoms with Gasteiger partial charge >= 0.3 is 0 Å². The molecule has 2 aromatic rings. The van der Waals surface area contributed by atoms with Gasteiger partial charge in [-0.15, -0.1) is 0 Å². The molecule has 130 valence electrons. The molecule has 1 aromatic heterocycles. The van der Waals surface area contributed by atoms with Gasteiger partial charge in [0, 0.05) is 17.1 Å². The van der Waals surface area contributed by atoms with Crippen molar-refractivity contribution in [2.45, 2.75) is 6.04 Å². The van der Waals surface area contributed by atoms with Gasteiger partial charge in [0.25, 0.3) is 0 Å². The Labute approximate surface area is 155 Å². The summed E-state index contributed by atoms with van der Waals surface area (Å²) in [5.41, 5.74) is 8.36. The SMILES string of the molecule is C=CC(=O)N1CCOC[C@H]1c1cc(Cl)cc(-c2nc(Cl)ncc2N)c1. The molecule has 3 rings (SSSR count). The van der Waals surface area contributed by atoms with Gasteiger partial charge in [-0.3, -0.25) is 4.79 Å². The quantitative estimate of drug-likeness (QED) is 0.655. The van der Waals surface area contributed by atoms with Crippen molar-refractivity contribution >= 4 is 34.8 Å². The van der Waals surface area contributed by atoms with E-state index in [1.165, 1.54) is 12.3 Å². The zero-order valence-electron chi connectivity index (χ0n) is 13.3. The molecule has 2 heterocycles. The highest BCUT2D eigenvalue weighted by Crippen LogP contribution is 2.33. The Bertz CT molecular complexity index is 828. The second-order valence-corrected chi connectivity index (χ2v) is 6.32. The summed E-state index contributed by atoms with van der Waals surface area (Å²) >= 11 is 12.2. The maximum atomic E-state index is 12.2. The Hall–Kier alpha value is -2.15. The number of hydrogen-bond donors (Lipinski definition) is 1. The van der Waals surface area contributed by atoms with Crippen LogP contribution in [0.4, 0.5) is 5.69 Å². The lowest BCUT2D eigenvalue weighted by Crippen LogP contribution is -2.42. The van der Waals surface area contributed by atoms with E-state index in [0.717, 1.165) is 5.56 Å². The number of nitrogen functional groups attached to an aromatic ring is 1. The summed E-state index contributed by atoms with van der Waals surface area (Å²) in [5, 5.41) is 0.591. The van der Waals surface area contributed by atoms with Crippen LogP contribution in [0.2, 0.25) is 10.3 Å². The van der Waals surface area contributed by atoms with Crippen molar-refractivity contribution in [2.75, 3.05) is 25.5 Å². The van der Waals surface area contributed by atoms with Crippen molar-refractivity contribution < 1.29 is 9.53 Å². The van der Waals surface area contributed by atoms with Crippen LogP contribution in [0.5, 0.6) is 0 Å². The summed E-state index contributed by atoms with van der Waals surface area (Å²) in [4.78, 5) is 21.9. The van der Waals surface area contributed by atoms with Crippen molar-refractivity contribution in [2.24, 2.45) is 0 Å². The van der Waals surface area contributed by atoms with E-state index in [1.54, 1.807) is 17.0 Å². The number of hydrogen-bond acceptors (Lipinski definition) is 5. The number of morpholine rings is 1. The molecule has 0 bridgehead atoms. The monoisotopic (exact) mass is 378 g/mol. The van der Waals surface area contributed by atoms with E-state index in [1.807, 2.05) is 6.07 Å². The van der Waals surface area contributed by atoms with Crippen molar-refractivity contribution in [3.63, 3.8) is 0 Å². The summed E-state index contributed by atoms with van der Waals surface area (Å²) in [6.07, 6.45) is 2.74. The fourth-order valence-electron chi connectivity index (χ4n) is 2.80. The van der Waals surface area contributed by atoms with E-state index < -0.39 is 0 Å². The molecule has 8 heteroatoms. The normalized spacial score (nSPS) is 17.4. The number of carbonyl (C=O) groups excluding carboxylic acids is 1. The molecule has 2 N–H and O–H groups in total. The molecule has 6 nitrogen and oxygen atoms in total. The van der Waals surface area contributed by atoms with Gasteiger partial charge in [0.15, 0.2) is 0 Å². The molecular weight excluding hydrogens is 363 g/mol. The minimum atomic E-state index is -0.268. The van der Waals surface area contributed by atoms with E-state index in [2.05, 4.69) is 16.5 Å². The number of benzene rings is 1. The second-order valence-electron chi connectivity index (χ2n) is 5.54. The van der Waals surface area contributed by atoms with Gasteiger partial charge in [-0.2, -0.15) is 0 Å². The molecule has 1 aliphatic heterocycles. The molecule has 1 saturated heterocycles. The largest absolute Gasteiger partial charge is 0.396 e. The molecule has 1 atom stereocenters. The lowest BCUT2D eigenvalue weighted by molar-refractivity contribution is -0.134. The number of nitrogens with zero attached hydrogens (tertiary/aromatic N) is 3. The van der Waals surface area contributed by atoms with Crippen LogP contribution in [0.15, 0.2) is 37.1 Å². The average molecular weight is 379 g/mol. The van der Waals surface area contributed by atoms with E-state index in [9.17, 15) is 4.79 Å². The Kier molecular flexibility index (Phi) is 5.22. The third kappa shape index (κ3) is 3.76. The van der Waals surface area contributed by atoms with Gasteiger partial charge < -0.3 is 15.4 Å². The van der Waals surface area contributed by atoms with Gasteiger partial charge in [0.2, 0.25) is 11.2 Å². The van der Waals surface area contributed by atoms with Crippen molar-refractivity contribution in [3.05, 3.63) is 52.9 Å². The molecule has 0 saturated carbocycles. The number of nitrogens with two attached hydrogens (primary N) is 1. The Morgan fingerprint density at radius 2 is 2.20 bits per heavy atom. The van der Waals surface area contributed by atoms with Crippen LogP contribution in [0.3, 0.4) is 0 Å². The van der Waals surface area contributed by atoms with Crippen LogP contribution >= 0.6 is 23.2 Å². The second kappa shape index (κ2) is 7.39. The summed E-state index contributed by atoms with van der Waals surface area (Å²) < 4.78 is 5.55.